The molecule has 7 nitrogen and oxygen atoms in total. The number of ether oxygens (including phenoxy) is 1. The van der Waals surface area contributed by atoms with E-state index in [1.807, 2.05) is 12.1 Å². The van der Waals surface area contributed by atoms with Crippen molar-refractivity contribution in [1.29, 1.82) is 0 Å². The lowest BCUT2D eigenvalue weighted by molar-refractivity contribution is -0.146. The molecular formula is C24H27BrN2O5S. The molecule has 0 spiro atoms. The molecule has 1 aliphatic heterocycles. The summed E-state index contributed by atoms with van der Waals surface area (Å²) >= 11 is 3.32. The molecule has 0 bridgehead atoms. The van der Waals surface area contributed by atoms with Crippen LogP contribution >= 0.6 is 15.9 Å². The molecule has 1 amide bonds. The van der Waals surface area contributed by atoms with Crippen molar-refractivity contribution < 1.29 is 22.7 Å². The van der Waals surface area contributed by atoms with Crippen molar-refractivity contribution in [3.63, 3.8) is 0 Å². The maximum Gasteiger partial charge on any atom is 0.316 e. The summed E-state index contributed by atoms with van der Waals surface area (Å²) < 4.78 is 33.4. The number of sulfonamides is 1. The van der Waals surface area contributed by atoms with E-state index in [1.165, 1.54) is 4.31 Å². The van der Waals surface area contributed by atoms with Crippen molar-refractivity contribution in [3.05, 3.63) is 58.6 Å². The molecule has 1 aliphatic carbocycles. The standard InChI is InChI=1S/C24H27BrN2O5S/c1-2-32-23(29)24(13-14-24)18-5-9-20(10-6-18)26-22(28)17-4-3-15-27(16-17)33(30,31)21-11-7-19(25)8-12-21/h5-12,17H,2-4,13-16H2,1H3,(H,26,28)/t17-/m0/s1. The van der Waals surface area contributed by atoms with E-state index >= 15 is 0 Å². The summed E-state index contributed by atoms with van der Waals surface area (Å²) in [5, 5.41) is 2.90. The Morgan fingerprint density at radius 2 is 1.79 bits per heavy atom. The molecule has 33 heavy (non-hydrogen) atoms. The first-order valence-corrected chi connectivity index (χ1v) is 13.3. The second-order valence-corrected chi connectivity index (χ2v) is 11.4. The lowest BCUT2D eigenvalue weighted by Crippen LogP contribution is -2.43. The lowest BCUT2D eigenvalue weighted by Gasteiger charge is -2.31. The van der Waals surface area contributed by atoms with Gasteiger partial charge >= 0.3 is 5.97 Å². The van der Waals surface area contributed by atoms with E-state index in [1.54, 1.807) is 43.3 Å². The molecule has 2 aromatic rings. The fraction of sp³-hybridized carbons (Fsp3) is 0.417. The Labute approximate surface area is 202 Å². The summed E-state index contributed by atoms with van der Waals surface area (Å²) in [6.07, 6.45) is 2.78. The van der Waals surface area contributed by atoms with Gasteiger partial charge < -0.3 is 10.1 Å². The van der Waals surface area contributed by atoms with E-state index in [0.717, 1.165) is 22.9 Å². The summed E-state index contributed by atoms with van der Waals surface area (Å²) in [5.41, 5.74) is 0.962. The van der Waals surface area contributed by atoms with Gasteiger partial charge in [-0.25, -0.2) is 8.42 Å². The van der Waals surface area contributed by atoms with Gasteiger partial charge in [0.1, 0.15) is 0 Å². The van der Waals surface area contributed by atoms with E-state index in [4.69, 9.17) is 4.74 Å². The minimum atomic E-state index is -3.66. The number of carbonyl (C=O) groups excluding carboxylic acids is 2. The molecule has 2 aromatic carbocycles. The molecule has 1 atom stereocenters. The maximum atomic E-state index is 13.0. The van der Waals surface area contributed by atoms with Crippen LogP contribution in [-0.2, 0) is 29.8 Å². The van der Waals surface area contributed by atoms with E-state index < -0.39 is 21.4 Å². The Balaban J connectivity index is 1.40. The molecule has 1 saturated heterocycles. The van der Waals surface area contributed by atoms with Crippen molar-refractivity contribution >= 4 is 43.5 Å². The maximum absolute atomic E-state index is 13.0. The minimum absolute atomic E-state index is 0.147. The van der Waals surface area contributed by atoms with Gasteiger partial charge in [-0.1, -0.05) is 28.1 Å². The molecule has 176 valence electrons. The number of nitrogens with one attached hydrogen (secondary N) is 1. The third-order valence-corrected chi connectivity index (χ3v) is 8.74. The second-order valence-electron chi connectivity index (χ2n) is 8.53. The number of halogens is 1. The summed E-state index contributed by atoms with van der Waals surface area (Å²) in [6.45, 7) is 2.69. The van der Waals surface area contributed by atoms with Crippen LogP contribution in [0.25, 0.3) is 0 Å². The fourth-order valence-electron chi connectivity index (χ4n) is 4.25. The van der Waals surface area contributed by atoms with Gasteiger partial charge in [0.2, 0.25) is 15.9 Å². The summed E-state index contributed by atoms with van der Waals surface area (Å²) in [5.74, 6) is -0.834. The first-order chi connectivity index (χ1) is 15.8. The minimum Gasteiger partial charge on any atom is -0.465 e. The zero-order valence-electron chi connectivity index (χ0n) is 18.4. The average molecular weight is 535 g/mol. The van der Waals surface area contributed by atoms with Gasteiger partial charge in [-0.05, 0) is 74.6 Å². The SMILES string of the molecule is CCOC(=O)C1(c2ccc(NC(=O)[C@H]3CCCN(S(=O)(=O)c4ccc(Br)cc4)C3)cc2)CC1. The molecule has 2 aliphatic rings. The topological polar surface area (TPSA) is 92.8 Å². The number of carbonyl (C=O) groups is 2. The third kappa shape index (κ3) is 5.00. The predicted octanol–water partition coefficient (Wildman–Crippen LogP) is 4.08. The molecule has 0 radical (unpaired) electrons. The van der Waals surface area contributed by atoms with Gasteiger partial charge in [0, 0.05) is 23.2 Å². The Morgan fingerprint density at radius 3 is 2.39 bits per heavy atom. The van der Waals surface area contributed by atoms with Gasteiger partial charge in [0.05, 0.1) is 22.8 Å². The zero-order chi connectivity index (χ0) is 23.6. The van der Waals surface area contributed by atoms with Crippen LogP contribution in [0.3, 0.4) is 0 Å². The van der Waals surface area contributed by atoms with Gasteiger partial charge in [0.15, 0.2) is 0 Å². The van der Waals surface area contributed by atoms with E-state index in [9.17, 15) is 18.0 Å². The molecule has 1 saturated carbocycles. The number of anilines is 1. The van der Waals surface area contributed by atoms with Crippen molar-refractivity contribution in [2.24, 2.45) is 5.92 Å². The van der Waals surface area contributed by atoms with Gasteiger partial charge in [0.25, 0.3) is 0 Å². The van der Waals surface area contributed by atoms with Gasteiger partial charge in [-0.2, -0.15) is 4.31 Å². The number of benzene rings is 2. The molecule has 4 rings (SSSR count). The van der Waals surface area contributed by atoms with Crippen molar-refractivity contribution in [3.8, 4) is 0 Å². The number of nitrogens with zero attached hydrogens (tertiary/aromatic N) is 1. The Bertz CT molecular complexity index is 1130. The van der Waals surface area contributed by atoms with Crippen LogP contribution in [0, 0.1) is 5.92 Å². The first kappa shape index (κ1) is 23.9. The van der Waals surface area contributed by atoms with Crippen LogP contribution in [0.15, 0.2) is 57.9 Å². The van der Waals surface area contributed by atoms with Crippen LogP contribution in [-0.4, -0.2) is 44.3 Å². The number of amides is 1. The van der Waals surface area contributed by atoms with Crippen LogP contribution in [0.4, 0.5) is 5.69 Å². The summed E-state index contributed by atoms with van der Waals surface area (Å²) in [6, 6.07) is 13.8. The number of rotatable bonds is 7. The van der Waals surface area contributed by atoms with E-state index in [-0.39, 0.29) is 23.3 Å². The third-order valence-electron chi connectivity index (χ3n) is 6.33. The van der Waals surface area contributed by atoms with Crippen LogP contribution in [0.1, 0.15) is 38.2 Å². The van der Waals surface area contributed by atoms with Crippen LogP contribution in [0.2, 0.25) is 0 Å². The molecule has 0 unspecified atom stereocenters. The van der Waals surface area contributed by atoms with Crippen molar-refractivity contribution in [2.75, 3.05) is 25.0 Å². The summed E-state index contributed by atoms with van der Waals surface area (Å²) in [7, 11) is -3.66. The van der Waals surface area contributed by atoms with E-state index in [0.29, 0.717) is 31.7 Å². The van der Waals surface area contributed by atoms with Crippen molar-refractivity contribution in [1.82, 2.24) is 4.31 Å². The molecule has 1 N–H and O–H groups in total. The normalized spacial score (nSPS) is 20.1. The monoisotopic (exact) mass is 534 g/mol. The second kappa shape index (κ2) is 9.56. The Kier molecular flexibility index (Phi) is 6.93. The zero-order valence-corrected chi connectivity index (χ0v) is 20.8. The number of hydrogen-bond acceptors (Lipinski definition) is 5. The lowest BCUT2D eigenvalue weighted by atomic mass is 9.95. The van der Waals surface area contributed by atoms with Crippen LogP contribution < -0.4 is 5.32 Å². The van der Waals surface area contributed by atoms with Crippen molar-refractivity contribution in [2.45, 2.75) is 42.9 Å². The highest BCUT2D eigenvalue weighted by Gasteiger charge is 2.52. The molecule has 9 heteroatoms. The van der Waals surface area contributed by atoms with Gasteiger partial charge in [-0.3, -0.25) is 9.59 Å². The quantitative estimate of drug-likeness (QED) is 0.540. The highest BCUT2D eigenvalue weighted by atomic mass is 79.9. The Hall–Kier alpha value is -2.23. The largest absolute Gasteiger partial charge is 0.465 e. The Morgan fingerprint density at radius 1 is 1.12 bits per heavy atom. The first-order valence-electron chi connectivity index (χ1n) is 11.1. The summed E-state index contributed by atoms with van der Waals surface area (Å²) in [4.78, 5) is 25.4. The molecule has 1 heterocycles. The number of piperidine rings is 1. The molecule has 0 aromatic heterocycles. The molecular weight excluding hydrogens is 508 g/mol. The average Bonchev–Trinajstić information content (AvgIpc) is 3.62. The number of esters is 1. The molecule has 2 fully saturated rings. The van der Waals surface area contributed by atoms with Crippen LogP contribution in [0.5, 0.6) is 0 Å². The highest BCUT2D eigenvalue weighted by Crippen LogP contribution is 2.49. The predicted molar refractivity (Wildman–Crippen MR) is 128 cm³/mol. The fourth-order valence-corrected chi connectivity index (χ4v) is 6.04. The van der Waals surface area contributed by atoms with E-state index in [2.05, 4.69) is 21.2 Å². The smallest absolute Gasteiger partial charge is 0.316 e. The number of hydrogen-bond donors (Lipinski definition) is 1. The van der Waals surface area contributed by atoms with Gasteiger partial charge in [-0.15, -0.1) is 0 Å². The highest BCUT2D eigenvalue weighted by molar-refractivity contribution is 9.10.